The van der Waals surface area contributed by atoms with E-state index in [1.54, 1.807) is 22.1 Å². The van der Waals surface area contributed by atoms with Crippen LogP contribution in [-0.4, -0.2) is 30.1 Å². The predicted octanol–water partition coefficient (Wildman–Crippen LogP) is 5.45. The Kier molecular flexibility index (Phi) is 7.36. The lowest BCUT2D eigenvalue weighted by molar-refractivity contribution is 0.414. The van der Waals surface area contributed by atoms with Crippen molar-refractivity contribution in [3.63, 3.8) is 0 Å². The summed E-state index contributed by atoms with van der Waals surface area (Å²) in [6.45, 7) is 8.45. The lowest BCUT2D eigenvalue weighted by Gasteiger charge is -2.17. The van der Waals surface area contributed by atoms with Gasteiger partial charge < -0.3 is 9.47 Å². The molecule has 3 rings (SSSR count). The minimum absolute atomic E-state index is 1.07. The molecular weight excluding hydrogens is 292 g/mol. The number of likely N-dealkylation sites (N-methyl/N-ethyl adjacent to an activating group) is 1. The van der Waals surface area contributed by atoms with Crippen LogP contribution in [0.15, 0.2) is 18.3 Å². The highest BCUT2D eigenvalue weighted by Gasteiger charge is 2.16. The Morgan fingerprint density at radius 3 is 2.38 bits per heavy atom. The number of aryl methyl sites for hydroxylation is 3. The van der Waals surface area contributed by atoms with Gasteiger partial charge in [0.1, 0.15) is 0 Å². The van der Waals surface area contributed by atoms with E-state index in [-0.39, 0.29) is 0 Å². The van der Waals surface area contributed by atoms with Gasteiger partial charge in [0.25, 0.3) is 0 Å². The van der Waals surface area contributed by atoms with E-state index in [1.807, 2.05) is 13.8 Å². The molecule has 1 aromatic carbocycles. The van der Waals surface area contributed by atoms with Crippen LogP contribution in [0.5, 0.6) is 0 Å². The zero-order valence-electron chi connectivity index (χ0n) is 16.5. The molecule has 0 N–H and O–H groups in total. The molecule has 1 aromatic heterocycles. The standard InChI is InChI=1S/C20H30N2.C2H6/c1-4-22-15-17(13-14-21(2)3)20-18-10-8-6-5-7-9-16(18)11-12-19(20)22;1-2/h11-12,15H,4-10,13-14H2,1-3H3;1-2H3. The summed E-state index contributed by atoms with van der Waals surface area (Å²) in [5.41, 5.74) is 6.30. The molecule has 0 aliphatic heterocycles. The lowest BCUT2D eigenvalue weighted by atomic mass is 9.89. The average Bonchev–Trinajstić information content (AvgIpc) is 2.93. The van der Waals surface area contributed by atoms with Crippen molar-refractivity contribution in [1.29, 1.82) is 0 Å². The first-order chi connectivity index (χ1) is 11.7. The number of rotatable bonds is 4. The molecule has 0 saturated carbocycles. The summed E-state index contributed by atoms with van der Waals surface area (Å²) in [5, 5.41) is 1.59. The normalized spacial score (nSPS) is 14.8. The molecular formula is C22H36N2. The Balaban J connectivity index is 0.00000100. The van der Waals surface area contributed by atoms with Crippen molar-refractivity contribution in [3.8, 4) is 0 Å². The Hall–Kier alpha value is -1.28. The van der Waals surface area contributed by atoms with Crippen molar-refractivity contribution in [2.45, 2.75) is 72.3 Å². The second kappa shape index (κ2) is 9.27. The molecule has 0 atom stereocenters. The van der Waals surface area contributed by atoms with Crippen molar-refractivity contribution in [1.82, 2.24) is 9.47 Å². The van der Waals surface area contributed by atoms with Gasteiger partial charge in [-0.25, -0.2) is 0 Å². The molecule has 2 aromatic rings. The van der Waals surface area contributed by atoms with Crippen LogP contribution in [0.1, 0.15) is 63.1 Å². The highest BCUT2D eigenvalue weighted by atomic mass is 15.0. The highest BCUT2D eigenvalue weighted by Crippen LogP contribution is 2.32. The maximum absolute atomic E-state index is 2.44. The van der Waals surface area contributed by atoms with E-state index in [2.05, 4.69) is 48.8 Å². The smallest absolute Gasteiger partial charge is 0.0486 e. The van der Waals surface area contributed by atoms with E-state index in [4.69, 9.17) is 0 Å². The van der Waals surface area contributed by atoms with Crippen molar-refractivity contribution >= 4 is 10.9 Å². The van der Waals surface area contributed by atoms with Gasteiger partial charge in [0.05, 0.1) is 0 Å². The molecule has 1 heterocycles. The van der Waals surface area contributed by atoms with Gasteiger partial charge in [0.15, 0.2) is 0 Å². The Labute approximate surface area is 148 Å². The van der Waals surface area contributed by atoms with E-state index in [0.717, 1.165) is 19.5 Å². The van der Waals surface area contributed by atoms with Crippen LogP contribution in [0.25, 0.3) is 10.9 Å². The topological polar surface area (TPSA) is 8.17 Å². The first-order valence-electron chi connectivity index (χ1n) is 9.98. The van der Waals surface area contributed by atoms with Gasteiger partial charge in [0.2, 0.25) is 0 Å². The molecule has 2 nitrogen and oxygen atoms in total. The SMILES string of the molecule is CC.CCn1cc(CCN(C)C)c2c3c(ccc21)CCCCCC3. The highest BCUT2D eigenvalue weighted by molar-refractivity contribution is 5.88. The lowest BCUT2D eigenvalue weighted by Crippen LogP contribution is -2.15. The van der Waals surface area contributed by atoms with Gasteiger partial charge >= 0.3 is 0 Å². The molecule has 1 aliphatic rings. The molecule has 0 fully saturated rings. The zero-order valence-corrected chi connectivity index (χ0v) is 16.5. The third-order valence-corrected chi connectivity index (χ3v) is 5.12. The second-order valence-electron chi connectivity index (χ2n) is 7.01. The zero-order chi connectivity index (χ0) is 17.5. The molecule has 24 heavy (non-hydrogen) atoms. The van der Waals surface area contributed by atoms with Crippen LogP contribution in [0.3, 0.4) is 0 Å². The number of nitrogens with zero attached hydrogens (tertiary/aromatic N) is 2. The van der Waals surface area contributed by atoms with Crippen LogP contribution in [0.2, 0.25) is 0 Å². The fourth-order valence-electron chi connectivity index (χ4n) is 3.88. The predicted molar refractivity (Wildman–Crippen MR) is 107 cm³/mol. The Morgan fingerprint density at radius 2 is 1.71 bits per heavy atom. The van der Waals surface area contributed by atoms with E-state index < -0.39 is 0 Å². The van der Waals surface area contributed by atoms with Gasteiger partial charge in [-0.3, -0.25) is 0 Å². The molecule has 134 valence electrons. The number of aromatic nitrogens is 1. The van der Waals surface area contributed by atoms with Crippen molar-refractivity contribution in [2.24, 2.45) is 0 Å². The summed E-state index contributed by atoms with van der Waals surface area (Å²) in [4.78, 5) is 2.29. The first-order valence-corrected chi connectivity index (χ1v) is 9.98. The van der Waals surface area contributed by atoms with Gasteiger partial charge in [-0.2, -0.15) is 0 Å². The van der Waals surface area contributed by atoms with Crippen LogP contribution in [0.4, 0.5) is 0 Å². The fourth-order valence-corrected chi connectivity index (χ4v) is 3.88. The number of hydrogen-bond acceptors (Lipinski definition) is 1. The van der Waals surface area contributed by atoms with Crippen LogP contribution < -0.4 is 0 Å². The number of fused-ring (bicyclic) bond motifs is 3. The first kappa shape index (κ1) is 19.1. The summed E-state index contributed by atoms with van der Waals surface area (Å²) in [6, 6.07) is 4.78. The van der Waals surface area contributed by atoms with Gasteiger partial charge in [-0.1, -0.05) is 32.8 Å². The molecule has 0 amide bonds. The fraction of sp³-hybridized carbons (Fsp3) is 0.636. The minimum Gasteiger partial charge on any atom is -0.347 e. The third kappa shape index (κ3) is 4.22. The molecule has 1 aliphatic carbocycles. The van der Waals surface area contributed by atoms with Gasteiger partial charge in [-0.15, -0.1) is 0 Å². The molecule has 2 heteroatoms. The number of hydrogen-bond donors (Lipinski definition) is 0. The van der Waals surface area contributed by atoms with Crippen LogP contribution in [0, 0.1) is 0 Å². The van der Waals surface area contributed by atoms with E-state index in [1.165, 1.54) is 44.0 Å². The maximum Gasteiger partial charge on any atom is 0.0486 e. The molecule has 0 bridgehead atoms. The van der Waals surface area contributed by atoms with Gasteiger partial charge in [0, 0.05) is 30.2 Å². The summed E-state index contributed by atoms with van der Waals surface area (Å²) in [7, 11) is 4.34. The van der Waals surface area contributed by atoms with E-state index >= 15 is 0 Å². The summed E-state index contributed by atoms with van der Waals surface area (Å²) in [6.07, 6.45) is 11.6. The quantitative estimate of drug-likeness (QED) is 0.724. The van der Waals surface area contributed by atoms with Gasteiger partial charge in [-0.05, 0) is 75.9 Å². The average molecular weight is 329 g/mol. The summed E-state index contributed by atoms with van der Waals surface area (Å²) in [5.74, 6) is 0. The second-order valence-corrected chi connectivity index (χ2v) is 7.01. The van der Waals surface area contributed by atoms with Crippen molar-refractivity contribution in [2.75, 3.05) is 20.6 Å². The maximum atomic E-state index is 2.44. The van der Waals surface area contributed by atoms with Crippen LogP contribution >= 0.6 is 0 Å². The minimum atomic E-state index is 1.07. The third-order valence-electron chi connectivity index (χ3n) is 5.12. The molecule has 0 radical (unpaired) electrons. The number of benzene rings is 1. The Bertz CT molecular complexity index is 637. The van der Waals surface area contributed by atoms with E-state index in [9.17, 15) is 0 Å². The molecule has 0 spiro atoms. The van der Waals surface area contributed by atoms with Crippen LogP contribution in [-0.2, 0) is 25.8 Å². The molecule has 0 saturated heterocycles. The summed E-state index contributed by atoms with van der Waals surface area (Å²) >= 11 is 0. The monoisotopic (exact) mass is 328 g/mol. The van der Waals surface area contributed by atoms with E-state index in [0.29, 0.717) is 0 Å². The van der Waals surface area contributed by atoms with Crippen molar-refractivity contribution < 1.29 is 0 Å². The molecule has 0 unspecified atom stereocenters. The Morgan fingerprint density at radius 1 is 1.00 bits per heavy atom. The van der Waals surface area contributed by atoms with Crippen molar-refractivity contribution in [3.05, 3.63) is 35.0 Å². The largest absolute Gasteiger partial charge is 0.347 e. The summed E-state index contributed by atoms with van der Waals surface area (Å²) < 4.78 is 2.44.